The van der Waals surface area contributed by atoms with Crippen LogP contribution in [0.1, 0.15) is 31.2 Å². The smallest absolute Gasteiger partial charge is 0.246 e. The largest absolute Gasteiger partial charge is 0.375 e. The van der Waals surface area contributed by atoms with E-state index in [1.54, 1.807) is 17.4 Å². The van der Waals surface area contributed by atoms with E-state index in [0.717, 1.165) is 16.0 Å². The summed E-state index contributed by atoms with van der Waals surface area (Å²) in [5.74, 6) is -0.526. The van der Waals surface area contributed by atoms with E-state index in [1.807, 2.05) is 0 Å². The van der Waals surface area contributed by atoms with Crippen LogP contribution in [-0.2, 0) is 21.5 Å². The topological polar surface area (TPSA) is 38.3 Å². The number of thiophene rings is 1. The van der Waals surface area contributed by atoms with E-state index in [4.69, 9.17) is 4.74 Å². The Hall–Kier alpha value is -1.72. The van der Waals surface area contributed by atoms with E-state index in [2.05, 4.69) is 38.2 Å². The highest BCUT2D eigenvalue weighted by Gasteiger charge is 2.18. The van der Waals surface area contributed by atoms with Gasteiger partial charge in [0.1, 0.15) is 12.4 Å². The SMILES string of the molecule is COCC(=O)NCc1cc(F)ccc1-c1ccc(C(C)(C)C)s1. The van der Waals surface area contributed by atoms with Crippen LogP contribution in [0.3, 0.4) is 0 Å². The normalized spacial score (nSPS) is 11.5. The fourth-order valence-corrected chi connectivity index (χ4v) is 3.33. The first-order valence-electron chi connectivity index (χ1n) is 7.46. The Bertz CT molecular complexity index is 689. The number of methoxy groups -OCH3 is 1. The summed E-state index contributed by atoms with van der Waals surface area (Å²) in [6.07, 6.45) is 0. The van der Waals surface area contributed by atoms with E-state index < -0.39 is 0 Å². The highest BCUT2D eigenvalue weighted by molar-refractivity contribution is 7.15. The Morgan fingerprint density at radius 1 is 1.26 bits per heavy atom. The average molecular weight is 335 g/mol. The Morgan fingerprint density at radius 2 is 2.00 bits per heavy atom. The summed E-state index contributed by atoms with van der Waals surface area (Å²) in [4.78, 5) is 13.9. The van der Waals surface area contributed by atoms with Gasteiger partial charge in [0.15, 0.2) is 0 Å². The van der Waals surface area contributed by atoms with E-state index in [9.17, 15) is 9.18 Å². The molecule has 1 aromatic carbocycles. The Balaban J connectivity index is 2.28. The fourth-order valence-electron chi connectivity index (χ4n) is 2.21. The molecule has 0 fully saturated rings. The first-order valence-corrected chi connectivity index (χ1v) is 8.27. The number of hydrogen-bond donors (Lipinski definition) is 1. The lowest BCUT2D eigenvalue weighted by Crippen LogP contribution is -2.26. The van der Waals surface area contributed by atoms with Crippen LogP contribution in [0.2, 0.25) is 0 Å². The third-order valence-corrected chi connectivity index (χ3v) is 4.97. The zero-order chi connectivity index (χ0) is 17.0. The number of hydrogen-bond acceptors (Lipinski definition) is 3. The first kappa shape index (κ1) is 17.6. The number of amides is 1. The van der Waals surface area contributed by atoms with E-state index in [-0.39, 0.29) is 30.3 Å². The molecular formula is C18H22FNO2S. The van der Waals surface area contributed by atoms with Crippen LogP contribution in [0.15, 0.2) is 30.3 Å². The molecule has 2 rings (SSSR count). The highest BCUT2D eigenvalue weighted by atomic mass is 32.1. The summed E-state index contributed by atoms with van der Waals surface area (Å²) in [7, 11) is 1.47. The third kappa shape index (κ3) is 4.62. The molecule has 0 atom stereocenters. The number of rotatable bonds is 5. The van der Waals surface area contributed by atoms with Gasteiger partial charge in [0.05, 0.1) is 0 Å². The van der Waals surface area contributed by atoms with Gasteiger partial charge in [0, 0.05) is 23.4 Å². The predicted octanol–water partition coefficient (Wildman–Crippen LogP) is 4.11. The Kier molecular flexibility index (Phi) is 5.55. The van der Waals surface area contributed by atoms with Crippen molar-refractivity contribution in [2.75, 3.05) is 13.7 Å². The minimum absolute atomic E-state index is 0.00216. The minimum Gasteiger partial charge on any atom is -0.375 e. The zero-order valence-corrected chi connectivity index (χ0v) is 14.7. The quantitative estimate of drug-likeness (QED) is 0.893. The van der Waals surface area contributed by atoms with Crippen LogP contribution in [-0.4, -0.2) is 19.6 Å². The van der Waals surface area contributed by atoms with Crippen molar-refractivity contribution in [2.45, 2.75) is 32.7 Å². The fraction of sp³-hybridized carbons (Fsp3) is 0.389. The molecule has 1 amide bonds. The van der Waals surface area contributed by atoms with Gasteiger partial charge >= 0.3 is 0 Å². The second-order valence-electron chi connectivity index (χ2n) is 6.43. The maximum absolute atomic E-state index is 13.6. The molecule has 0 unspecified atom stereocenters. The summed E-state index contributed by atoms with van der Waals surface area (Å²) in [6.45, 7) is 6.77. The molecule has 5 heteroatoms. The molecule has 0 aliphatic rings. The van der Waals surface area contributed by atoms with E-state index in [1.165, 1.54) is 24.1 Å². The maximum atomic E-state index is 13.6. The summed E-state index contributed by atoms with van der Waals surface area (Å²) >= 11 is 1.70. The molecule has 0 saturated heterocycles. The molecule has 0 aliphatic heterocycles. The van der Waals surface area contributed by atoms with Gasteiger partial charge in [-0.05, 0) is 40.8 Å². The van der Waals surface area contributed by atoms with Crippen LogP contribution in [0.5, 0.6) is 0 Å². The van der Waals surface area contributed by atoms with Gasteiger partial charge in [-0.2, -0.15) is 0 Å². The van der Waals surface area contributed by atoms with E-state index in [0.29, 0.717) is 0 Å². The molecule has 0 spiro atoms. The first-order chi connectivity index (χ1) is 10.8. The van der Waals surface area contributed by atoms with Gasteiger partial charge in [-0.1, -0.05) is 26.8 Å². The molecule has 0 radical (unpaired) electrons. The van der Waals surface area contributed by atoms with Crippen LogP contribution in [0.4, 0.5) is 4.39 Å². The lowest BCUT2D eigenvalue weighted by Gasteiger charge is -2.15. The van der Waals surface area contributed by atoms with Crippen molar-refractivity contribution >= 4 is 17.2 Å². The molecule has 0 saturated carbocycles. The summed E-state index contributed by atoms with van der Waals surface area (Å²) in [6, 6.07) is 8.85. The molecule has 1 heterocycles. The van der Waals surface area contributed by atoms with Crippen molar-refractivity contribution in [3.05, 3.63) is 46.6 Å². The molecule has 0 aliphatic carbocycles. The minimum atomic E-state index is -0.308. The van der Waals surface area contributed by atoms with Crippen molar-refractivity contribution < 1.29 is 13.9 Å². The predicted molar refractivity (Wildman–Crippen MR) is 92.1 cm³/mol. The van der Waals surface area contributed by atoms with Crippen LogP contribution >= 0.6 is 11.3 Å². The lowest BCUT2D eigenvalue weighted by atomic mass is 9.95. The number of ether oxygens (including phenoxy) is 1. The third-order valence-electron chi connectivity index (χ3n) is 3.43. The second-order valence-corrected chi connectivity index (χ2v) is 7.51. The molecular weight excluding hydrogens is 313 g/mol. The van der Waals surface area contributed by atoms with E-state index >= 15 is 0 Å². The molecule has 0 bridgehead atoms. The van der Waals surface area contributed by atoms with Crippen molar-refractivity contribution in [3.8, 4) is 10.4 Å². The monoisotopic (exact) mass is 335 g/mol. The van der Waals surface area contributed by atoms with Gasteiger partial charge in [0.2, 0.25) is 5.91 Å². The summed E-state index contributed by atoms with van der Waals surface area (Å²) in [5, 5.41) is 2.75. The van der Waals surface area contributed by atoms with Gasteiger partial charge in [0.25, 0.3) is 0 Å². The molecule has 2 aromatic rings. The summed E-state index contributed by atoms with van der Waals surface area (Å²) in [5.41, 5.74) is 1.79. The van der Waals surface area contributed by atoms with Gasteiger partial charge in [-0.3, -0.25) is 4.79 Å². The van der Waals surface area contributed by atoms with Crippen molar-refractivity contribution in [1.29, 1.82) is 0 Å². The number of benzene rings is 1. The summed E-state index contributed by atoms with van der Waals surface area (Å²) < 4.78 is 18.4. The van der Waals surface area contributed by atoms with Crippen LogP contribution < -0.4 is 5.32 Å². The standard InChI is InChI=1S/C18H22FNO2S/c1-18(2,3)16-8-7-15(23-16)14-6-5-13(19)9-12(14)10-20-17(21)11-22-4/h5-9H,10-11H2,1-4H3,(H,20,21). The van der Waals surface area contributed by atoms with Gasteiger partial charge in [-0.15, -0.1) is 11.3 Å². The average Bonchev–Trinajstić information content (AvgIpc) is 2.95. The molecule has 1 aromatic heterocycles. The van der Waals surface area contributed by atoms with Crippen LogP contribution in [0, 0.1) is 5.82 Å². The van der Waals surface area contributed by atoms with Crippen molar-refractivity contribution in [2.24, 2.45) is 0 Å². The Morgan fingerprint density at radius 3 is 2.61 bits per heavy atom. The molecule has 23 heavy (non-hydrogen) atoms. The number of carbonyl (C=O) groups excluding carboxylic acids is 1. The number of nitrogens with one attached hydrogen (secondary N) is 1. The zero-order valence-electron chi connectivity index (χ0n) is 13.9. The van der Waals surface area contributed by atoms with Crippen molar-refractivity contribution in [3.63, 3.8) is 0 Å². The maximum Gasteiger partial charge on any atom is 0.246 e. The van der Waals surface area contributed by atoms with Gasteiger partial charge < -0.3 is 10.1 Å². The Labute approximate surface area is 140 Å². The van der Waals surface area contributed by atoms with Gasteiger partial charge in [-0.25, -0.2) is 4.39 Å². The lowest BCUT2D eigenvalue weighted by molar-refractivity contribution is -0.124. The second kappa shape index (κ2) is 7.23. The highest BCUT2D eigenvalue weighted by Crippen LogP contribution is 2.36. The molecule has 3 nitrogen and oxygen atoms in total. The molecule has 1 N–H and O–H groups in total. The number of halogens is 1. The van der Waals surface area contributed by atoms with Crippen molar-refractivity contribution in [1.82, 2.24) is 5.32 Å². The van der Waals surface area contributed by atoms with Crippen LogP contribution in [0.25, 0.3) is 10.4 Å². The molecule has 124 valence electrons. The number of carbonyl (C=O) groups is 1.